The van der Waals surface area contributed by atoms with E-state index < -0.39 is 10.0 Å². The molecule has 2 amide bonds. The Balaban J connectivity index is 1.17. The van der Waals surface area contributed by atoms with E-state index in [1.807, 2.05) is 18.2 Å². The summed E-state index contributed by atoms with van der Waals surface area (Å²) >= 11 is 0. The summed E-state index contributed by atoms with van der Waals surface area (Å²) in [5.41, 5.74) is 2.79. The number of rotatable bonds is 5. The van der Waals surface area contributed by atoms with Crippen LogP contribution in [-0.4, -0.2) is 51.5 Å². The van der Waals surface area contributed by atoms with Gasteiger partial charge in [-0.2, -0.15) is 0 Å². The van der Waals surface area contributed by atoms with Gasteiger partial charge in [0.25, 0.3) is 0 Å². The van der Waals surface area contributed by atoms with Crippen molar-refractivity contribution < 1.29 is 22.7 Å². The minimum atomic E-state index is -3.65. The van der Waals surface area contributed by atoms with Crippen LogP contribution in [0.15, 0.2) is 47.4 Å². The molecule has 0 radical (unpaired) electrons. The van der Waals surface area contributed by atoms with Gasteiger partial charge in [0.1, 0.15) is 5.75 Å². The van der Waals surface area contributed by atoms with Crippen LogP contribution in [0.2, 0.25) is 0 Å². The predicted molar refractivity (Wildman–Crippen MR) is 123 cm³/mol. The van der Waals surface area contributed by atoms with E-state index >= 15 is 0 Å². The van der Waals surface area contributed by atoms with Crippen molar-refractivity contribution in [2.75, 3.05) is 31.1 Å². The van der Waals surface area contributed by atoms with Gasteiger partial charge < -0.3 is 14.5 Å². The van der Waals surface area contributed by atoms with Crippen LogP contribution in [0, 0.1) is 5.92 Å². The van der Waals surface area contributed by atoms with Gasteiger partial charge in [0.2, 0.25) is 15.9 Å². The van der Waals surface area contributed by atoms with Gasteiger partial charge in [0, 0.05) is 32.6 Å². The highest BCUT2D eigenvalue weighted by Gasteiger charge is 2.33. The normalized spacial score (nSPS) is 18.4. The molecule has 3 aliphatic heterocycles. The first-order valence-corrected chi connectivity index (χ1v) is 12.9. The van der Waals surface area contributed by atoms with Crippen LogP contribution in [0.1, 0.15) is 30.4 Å². The highest BCUT2D eigenvalue weighted by molar-refractivity contribution is 7.89. The number of para-hydroxylation sites is 1. The number of ether oxygens (including phenoxy) is 1. The van der Waals surface area contributed by atoms with Gasteiger partial charge in [0.05, 0.1) is 10.6 Å². The smallest absolute Gasteiger partial charge is 0.410 e. The summed E-state index contributed by atoms with van der Waals surface area (Å²) in [6.45, 7) is 2.03. The molecule has 0 unspecified atom stereocenters. The van der Waals surface area contributed by atoms with Crippen molar-refractivity contribution in [1.29, 1.82) is 0 Å². The Morgan fingerprint density at radius 1 is 1.00 bits per heavy atom. The average molecular weight is 470 g/mol. The zero-order valence-corrected chi connectivity index (χ0v) is 19.1. The molecule has 0 saturated carbocycles. The molecule has 0 aromatic heterocycles. The number of nitrogens with zero attached hydrogens (tertiary/aromatic N) is 2. The summed E-state index contributed by atoms with van der Waals surface area (Å²) in [5, 5.41) is 0. The number of anilines is 1. The van der Waals surface area contributed by atoms with Crippen molar-refractivity contribution in [3.8, 4) is 5.75 Å². The quantitative estimate of drug-likeness (QED) is 0.727. The molecule has 174 valence electrons. The standard InChI is InChI=1S/C24H27N3O5S/c28-22-7-6-18-14-21(15-19-10-13-27(22)23(18)19)33(30,31)25-16-17-8-11-26(12-9-17)24(29)32-20-4-2-1-3-5-20/h1-5,14-15,17,25H,6-13,16H2. The van der Waals surface area contributed by atoms with Crippen LogP contribution in [0.5, 0.6) is 5.75 Å². The maximum atomic E-state index is 13.0. The van der Waals surface area contributed by atoms with E-state index in [0.717, 1.165) is 16.8 Å². The number of carbonyl (C=O) groups is 2. The number of hydrogen-bond donors (Lipinski definition) is 1. The highest BCUT2D eigenvalue weighted by Crippen LogP contribution is 2.38. The molecule has 3 aliphatic rings. The van der Waals surface area contributed by atoms with Crippen molar-refractivity contribution in [3.63, 3.8) is 0 Å². The van der Waals surface area contributed by atoms with E-state index in [1.165, 1.54) is 0 Å². The van der Waals surface area contributed by atoms with E-state index in [-0.39, 0.29) is 22.8 Å². The second-order valence-corrected chi connectivity index (χ2v) is 10.6. The third kappa shape index (κ3) is 4.47. The second-order valence-electron chi connectivity index (χ2n) is 8.85. The largest absolute Gasteiger partial charge is 0.415 e. The summed E-state index contributed by atoms with van der Waals surface area (Å²) in [6, 6.07) is 12.4. The van der Waals surface area contributed by atoms with Crippen LogP contribution in [0.4, 0.5) is 10.5 Å². The van der Waals surface area contributed by atoms with Crippen molar-refractivity contribution >= 4 is 27.7 Å². The molecule has 0 aliphatic carbocycles. The van der Waals surface area contributed by atoms with Crippen molar-refractivity contribution in [3.05, 3.63) is 53.6 Å². The monoisotopic (exact) mass is 469 g/mol. The zero-order chi connectivity index (χ0) is 23.0. The average Bonchev–Trinajstić information content (AvgIpc) is 3.27. The fourth-order valence-electron chi connectivity index (χ4n) is 4.87. The number of amides is 2. The first-order valence-electron chi connectivity index (χ1n) is 11.4. The molecular weight excluding hydrogens is 442 g/mol. The summed E-state index contributed by atoms with van der Waals surface area (Å²) in [6.07, 6.45) is 2.74. The Kier molecular flexibility index (Phi) is 5.84. The van der Waals surface area contributed by atoms with Crippen LogP contribution in [0.25, 0.3) is 0 Å². The second kappa shape index (κ2) is 8.79. The number of hydrogen-bond acceptors (Lipinski definition) is 5. The molecule has 2 aromatic rings. The topological polar surface area (TPSA) is 96.0 Å². The summed E-state index contributed by atoms with van der Waals surface area (Å²) < 4.78 is 34.2. The Morgan fingerprint density at radius 2 is 1.70 bits per heavy atom. The number of likely N-dealkylation sites (tertiary alicyclic amines) is 1. The molecule has 0 atom stereocenters. The number of carbonyl (C=O) groups excluding carboxylic acids is 2. The number of nitrogens with one attached hydrogen (secondary N) is 1. The van der Waals surface area contributed by atoms with Gasteiger partial charge >= 0.3 is 6.09 Å². The maximum Gasteiger partial charge on any atom is 0.415 e. The number of aryl methyl sites for hydroxylation is 1. The van der Waals surface area contributed by atoms with Crippen LogP contribution >= 0.6 is 0 Å². The van der Waals surface area contributed by atoms with E-state index in [2.05, 4.69) is 4.72 Å². The van der Waals surface area contributed by atoms with Crippen molar-refractivity contribution in [2.24, 2.45) is 5.92 Å². The van der Waals surface area contributed by atoms with Gasteiger partial charge in [-0.3, -0.25) is 4.79 Å². The number of sulfonamides is 1. The third-order valence-corrected chi connectivity index (χ3v) is 8.12. The van der Waals surface area contributed by atoms with Crippen molar-refractivity contribution in [2.45, 2.75) is 37.0 Å². The number of benzene rings is 2. The number of piperidine rings is 1. The van der Waals surface area contributed by atoms with E-state index in [4.69, 9.17) is 4.74 Å². The Bertz CT molecular complexity index is 1170. The van der Waals surface area contributed by atoms with Crippen LogP contribution < -0.4 is 14.4 Å². The molecule has 1 saturated heterocycles. The van der Waals surface area contributed by atoms with Gasteiger partial charge in [-0.15, -0.1) is 0 Å². The minimum Gasteiger partial charge on any atom is -0.410 e. The lowest BCUT2D eigenvalue weighted by Gasteiger charge is -2.31. The molecule has 8 nitrogen and oxygen atoms in total. The summed E-state index contributed by atoms with van der Waals surface area (Å²) in [7, 11) is -3.65. The van der Waals surface area contributed by atoms with Crippen LogP contribution in [0.3, 0.4) is 0 Å². The molecule has 3 heterocycles. The minimum absolute atomic E-state index is 0.119. The Morgan fingerprint density at radius 3 is 2.42 bits per heavy atom. The van der Waals surface area contributed by atoms with Gasteiger partial charge in [-0.05, 0) is 67.0 Å². The summed E-state index contributed by atoms with van der Waals surface area (Å²) in [4.78, 5) is 28.2. The maximum absolute atomic E-state index is 13.0. The van der Waals surface area contributed by atoms with E-state index in [9.17, 15) is 18.0 Å². The zero-order valence-electron chi connectivity index (χ0n) is 18.3. The highest BCUT2D eigenvalue weighted by atomic mass is 32.2. The van der Waals surface area contributed by atoms with E-state index in [1.54, 1.807) is 34.1 Å². The molecule has 1 N–H and O–H groups in total. The lowest BCUT2D eigenvalue weighted by molar-refractivity contribution is -0.118. The van der Waals surface area contributed by atoms with E-state index in [0.29, 0.717) is 64.0 Å². The lowest BCUT2D eigenvalue weighted by atomic mass is 9.97. The first-order chi connectivity index (χ1) is 15.9. The van der Waals surface area contributed by atoms with Gasteiger partial charge in [-0.25, -0.2) is 17.9 Å². The molecule has 2 aromatic carbocycles. The fourth-order valence-corrected chi connectivity index (χ4v) is 6.08. The van der Waals surface area contributed by atoms with Crippen LogP contribution in [-0.2, 0) is 27.7 Å². The van der Waals surface area contributed by atoms with Gasteiger partial charge in [0.15, 0.2) is 0 Å². The fraction of sp³-hybridized carbons (Fsp3) is 0.417. The Hall–Kier alpha value is -2.91. The predicted octanol–water partition coefficient (Wildman–Crippen LogP) is 2.71. The SMILES string of the molecule is O=C(Oc1ccccc1)N1CCC(CNS(=O)(=O)c2cc3c4c(c2)CCN4C(=O)CC3)CC1. The molecule has 0 spiro atoms. The first kappa shape index (κ1) is 21.9. The summed E-state index contributed by atoms with van der Waals surface area (Å²) in [5.74, 6) is 0.786. The lowest BCUT2D eigenvalue weighted by Crippen LogP contribution is -2.42. The van der Waals surface area contributed by atoms with Crippen molar-refractivity contribution in [1.82, 2.24) is 9.62 Å². The molecule has 33 heavy (non-hydrogen) atoms. The molecular formula is C24H27N3O5S. The third-order valence-electron chi connectivity index (χ3n) is 6.72. The van der Waals surface area contributed by atoms with Gasteiger partial charge in [-0.1, -0.05) is 18.2 Å². The Labute approximate surface area is 193 Å². The molecule has 5 rings (SSSR count). The molecule has 0 bridgehead atoms. The molecule has 9 heteroatoms. The molecule has 1 fully saturated rings.